The number of piperidine rings is 1. The molecule has 0 radical (unpaired) electrons. The first-order chi connectivity index (χ1) is 18.1. The van der Waals surface area contributed by atoms with Crippen LogP contribution < -0.4 is 10.5 Å². The Morgan fingerprint density at radius 3 is 2.37 bits per heavy atom. The Balaban J connectivity index is 1.77. The maximum Gasteiger partial charge on any atom is 0.416 e. The summed E-state index contributed by atoms with van der Waals surface area (Å²) >= 11 is 6.67. The van der Waals surface area contributed by atoms with Gasteiger partial charge < -0.3 is 10.0 Å². The molecule has 2 aliphatic heterocycles. The molecule has 1 unspecified atom stereocenters. The van der Waals surface area contributed by atoms with Crippen LogP contribution in [-0.2, 0) is 24.1 Å². The van der Waals surface area contributed by atoms with E-state index in [-0.39, 0.29) is 36.0 Å². The van der Waals surface area contributed by atoms with E-state index in [1.807, 2.05) is 30.3 Å². The van der Waals surface area contributed by atoms with Crippen LogP contribution in [0, 0.1) is 0 Å². The first-order valence-electron chi connectivity index (χ1n) is 12.5. The molecule has 10 heteroatoms. The van der Waals surface area contributed by atoms with Crippen molar-refractivity contribution in [3.63, 3.8) is 0 Å². The van der Waals surface area contributed by atoms with Gasteiger partial charge in [0.2, 0.25) is 0 Å². The van der Waals surface area contributed by atoms with Gasteiger partial charge in [0.05, 0.1) is 12.1 Å². The molecule has 200 valence electrons. The summed E-state index contributed by atoms with van der Waals surface area (Å²) in [5.41, 5.74) is 0.426. The second-order valence-electron chi connectivity index (χ2n) is 9.80. The van der Waals surface area contributed by atoms with Crippen molar-refractivity contribution >= 4 is 23.4 Å². The predicted molar refractivity (Wildman–Crippen MR) is 139 cm³/mol. The monoisotopic (exact) mass is 545 g/mol. The van der Waals surface area contributed by atoms with Crippen molar-refractivity contribution in [1.82, 2.24) is 9.47 Å². The van der Waals surface area contributed by atoms with Crippen molar-refractivity contribution in [1.29, 1.82) is 0 Å². The van der Waals surface area contributed by atoms with Gasteiger partial charge in [-0.15, -0.1) is 0 Å². The third-order valence-corrected chi connectivity index (χ3v) is 7.63. The summed E-state index contributed by atoms with van der Waals surface area (Å²) < 4.78 is 42.3. The highest BCUT2D eigenvalue weighted by molar-refractivity contribution is 6.31. The fourth-order valence-corrected chi connectivity index (χ4v) is 5.69. The molecule has 0 amide bonds. The number of carbonyl (C=O) groups is 1. The Morgan fingerprint density at radius 2 is 1.71 bits per heavy atom. The number of fused-ring (bicyclic) bond motifs is 1. The van der Waals surface area contributed by atoms with E-state index in [1.165, 1.54) is 6.07 Å². The molecule has 38 heavy (non-hydrogen) atoms. The Labute approximate surface area is 222 Å². The molecule has 6 nitrogen and oxygen atoms in total. The topological polar surface area (TPSA) is 65.8 Å². The number of anilines is 1. The maximum atomic E-state index is 13.7. The molecule has 1 atom stereocenters. The summed E-state index contributed by atoms with van der Waals surface area (Å²) in [7, 11) is 0. The van der Waals surface area contributed by atoms with Crippen molar-refractivity contribution in [3.05, 3.63) is 86.7 Å². The number of nitrogens with zero attached hydrogens (tertiary/aromatic N) is 3. The van der Waals surface area contributed by atoms with Gasteiger partial charge in [0.15, 0.2) is 6.04 Å². The van der Waals surface area contributed by atoms with Gasteiger partial charge in [0.25, 0.3) is 5.56 Å². The smallest absolute Gasteiger partial charge is 0.416 e. The number of alkyl halides is 3. The third-order valence-electron chi connectivity index (χ3n) is 7.24. The quantitative estimate of drug-likeness (QED) is 0.423. The van der Waals surface area contributed by atoms with Gasteiger partial charge in [-0.25, -0.2) is 4.79 Å². The van der Waals surface area contributed by atoms with Crippen molar-refractivity contribution in [2.45, 2.75) is 44.6 Å². The predicted octanol–water partition coefficient (Wildman–Crippen LogP) is 5.82. The molecule has 2 aromatic carbocycles. The van der Waals surface area contributed by atoms with Gasteiger partial charge in [-0.1, -0.05) is 60.5 Å². The minimum Gasteiger partial charge on any atom is -0.480 e. The summed E-state index contributed by atoms with van der Waals surface area (Å²) in [6, 6.07) is 13.0. The second-order valence-corrected chi connectivity index (χ2v) is 10.2. The van der Waals surface area contributed by atoms with Crippen LogP contribution in [0.1, 0.15) is 42.0 Å². The number of likely N-dealkylation sites (tertiary alicyclic amines) is 1. The molecule has 3 heterocycles. The van der Waals surface area contributed by atoms with E-state index in [0.29, 0.717) is 11.1 Å². The van der Waals surface area contributed by atoms with Crippen LogP contribution in [0.5, 0.6) is 0 Å². The maximum absolute atomic E-state index is 13.7. The molecule has 0 saturated carbocycles. The summed E-state index contributed by atoms with van der Waals surface area (Å²) in [6.45, 7) is 2.10. The minimum absolute atomic E-state index is 0.0189. The van der Waals surface area contributed by atoms with Crippen LogP contribution in [0.25, 0.3) is 11.1 Å². The van der Waals surface area contributed by atoms with E-state index >= 15 is 0 Å². The van der Waals surface area contributed by atoms with Crippen molar-refractivity contribution < 1.29 is 23.1 Å². The molecule has 1 saturated heterocycles. The van der Waals surface area contributed by atoms with Crippen LogP contribution in [0.4, 0.5) is 19.0 Å². The van der Waals surface area contributed by atoms with Gasteiger partial charge >= 0.3 is 12.1 Å². The normalized spacial score (nSPS) is 18.0. The summed E-state index contributed by atoms with van der Waals surface area (Å²) in [6.07, 6.45) is -1.54. The van der Waals surface area contributed by atoms with E-state index in [9.17, 15) is 27.9 Å². The molecular weight excluding hydrogens is 519 g/mol. The van der Waals surface area contributed by atoms with Crippen molar-refractivity contribution in [2.24, 2.45) is 0 Å². The van der Waals surface area contributed by atoms with Crippen LogP contribution in [0.2, 0.25) is 5.02 Å². The van der Waals surface area contributed by atoms with Crippen LogP contribution >= 0.6 is 11.6 Å². The second kappa shape index (κ2) is 10.5. The number of aromatic nitrogens is 1. The zero-order valence-electron chi connectivity index (χ0n) is 20.5. The molecule has 1 aromatic heterocycles. The van der Waals surface area contributed by atoms with E-state index in [1.54, 1.807) is 11.0 Å². The van der Waals surface area contributed by atoms with Gasteiger partial charge in [0, 0.05) is 24.2 Å². The highest BCUT2D eigenvalue weighted by Gasteiger charge is 2.40. The van der Waals surface area contributed by atoms with Crippen molar-refractivity contribution in [3.8, 4) is 11.1 Å². The summed E-state index contributed by atoms with van der Waals surface area (Å²) in [5, 5.41) is 9.86. The zero-order valence-corrected chi connectivity index (χ0v) is 21.3. The molecule has 1 N–H and O–H groups in total. The first kappa shape index (κ1) is 26.3. The SMILES string of the molecule is O=C(O)C1CN(Cc2ccccc2)c2c(-c3cccc(C(F)(F)F)c3)c(CN3CCCCC3)c(Cl)c(=O)n21. The van der Waals surface area contributed by atoms with Crippen LogP contribution in [0.3, 0.4) is 0 Å². The average Bonchev–Trinajstić information content (AvgIpc) is 3.27. The number of hydrogen-bond donors (Lipinski definition) is 1. The molecule has 2 aliphatic rings. The Hall–Kier alpha value is -3.30. The van der Waals surface area contributed by atoms with Gasteiger partial charge in [0.1, 0.15) is 10.8 Å². The van der Waals surface area contributed by atoms with E-state index in [0.717, 1.165) is 54.6 Å². The molecule has 0 aliphatic carbocycles. The van der Waals surface area contributed by atoms with E-state index in [2.05, 4.69) is 4.90 Å². The largest absolute Gasteiger partial charge is 0.480 e. The van der Waals surface area contributed by atoms with Crippen molar-refractivity contribution in [2.75, 3.05) is 24.5 Å². The highest BCUT2D eigenvalue weighted by Crippen LogP contribution is 2.44. The molecule has 0 spiro atoms. The number of benzene rings is 2. The molecule has 3 aromatic rings. The van der Waals surface area contributed by atoms with E-state index in [4.69, 9.17) is 11.6 Å². The first-order valence-corrected chi connectivity index (χ1v) is 12.9. The van der Waals surface area contributed by atoms with Gasteiger partial charge in [-0.3, -0.25) is 14.3 Å². The average molecular weight is 546 g/mol. The lowest BCUT2D eigenvalue weighted by molar-refractivity contribution is -0.140. The fourth-order valence-electron chi connectivity index (χ4n) is 5.45. The number of carboxylic acids is 1. The van der Waals surface area contributed by atoms with Crippen LogP contribution in [-0.4, -0.2) is 40.2 Å². The number of rotatable bonds is 6. The minimum atomic E-state index is -4.57. The van der Waals surface area contributed by atoms with Gasteiger partial charge in [-0.05, 0) is 49.2 Å². The number of halogens is 4. The lowest BCUT2D eigenvalue weighted by Gasteiger charge is -2.30. The number of hydrogen-bond acceptors (Lipinski definition) is 4. The molecule has 5 rings (SSSR count). The molecule has 0 bridgehead atoms. The fraction of sp³-hybridized carbons (Fsp3) is 0.357. The summed E-state index contributed by atoms with van der Waals surface area (Å²) in [5.74, 6) is -0.930. The summed E-state index contributed by atoms with van der Waals surface area (Å²) in [4.78, 5) is 29.8. The Bertz CT molecular complexity index is 1400. The molecular formula is C28H27ClF3N3O3. The van der Waals surface area contributed by atoms with Gasteiger partial charge in [-0.2, -0.15) is 13.2 Å². The van der Waals surface area contributed by atoms with E-state index < -0.39 is 29.3 Å². The standard InChI is InChI=1S/C28H27ClF3N3O3/c29-24-21(16-33-12-5-2-6-13-33)23(19-10-7-11-20(14-19)28(30,31)32)25-34(15-18-8-3-1-4-9-18)17-22(27(37)38)35(25)26(24)36/h1,3-4,7-11,14,22H,2,5-6,12-13,15-17H2,(H,37,38). The number of aliphatic carboxylic acids is 1. The Kier molecular flexibility index (Phi) is 7.24. The Morgan fingerprint density at radius 1 is 1.00 bits per heavy atom. The number of carboxylic acid groups (broad SMARTS) is 1. The number of pyridine rings is 1. The third kappa shape index (κ3) is 5.05. The highest BCUT2D eigenvalue weighted by atomic mass is 35.5. The lowest BCUT2D eigenvalue weighted by atomic mass is 9.96. The lowest BCUT2D eigenvalue weighted by Crippen LogP contribution is -2.32. The molecule has 1 fully saturated rings. The zero-order chi connectivity index (χ0) is 27.0. The van der Waals surface area contributed by atoms with Crippen LogP contribution in [0.15, 0.2) is 59.4 Å².